The van der Waals surface area contributed by atoms with Gasteiger partial charge in [-0.25, -0.2) is 4.79 Å². The lowest BCUT2D eigenvalue weighted by molar-refractivity contribution is -0.158. The number of carbonyl (C=O) groups excluding carboxylic acids is 2. The number of methoxy groups -OCH3 is 1. The van der Waals surface area contributed by atoms with Crippen LogP contribution < -0.4 is 14.8 Å². The van der Waals surface area contributed by atoms with Crippen LogP contribution in [0.2, 0.25) is 0 Å². The monoisotopic (exact) mass is 355 g/mol. The van der Waals surface area contributed by atoms with Crippen LogP contribution >= 0.6 is 0 Å². The van der Waals surface area contributed by atoms with Crippen molar-refractivity contribution in [2.45, 2.75) is 25.0 Å². The van der Waals surface area contributed by atoms with Crippen LogP contribution in [-0.2, 0) is 14.3 Å². The van der Waals surface area contributed by atoms with Crippen molar-refractivity contribution < 1.29 is 23.8 Å². The predicted octanol–water partition coefficient (Wildman–Crippen LogP) is 2.64. The molecule has 1 atom stereocenters. The van der Waals surface area contributed by atoms with E-state index in [0.29, 0.717) is 17.1 Å². The average Bonchev–Trinajstić information content (AvgIpc) is 3.49. The van der Waals surface area contributed by atoms with Crippen molar-refractivity contribution in [3.8, 4) is 11.5 Å². The number of ether oxygens (including phenoxy) is 3. The molecular weight excluding hydrogens is 334 g/mol. The molecule has 0 heterocycles. The maximum absolute atomic E-state index is 12.4. The molecule has 6 heteroatoms. The first-order chi connectivity index (χ1) is 12.7. The van der Waals surface area contributed by atoms with Gasteiger partial charge in [0.15, 0.2) is 6.61 Å². The Bertz CT molecular complexity index is 741. The fraction of sp³-hybridized carbons (Fsp3) is 0.300. The van der Waals surface area contributed by atoms with E-state index in [2.05, 4.69) is 5.32 Å². The van der Waals surface area contributed by atoms with Gasteiger partial charge in [-0.05, 0) is 37.1 Å². The van der Waals surface area contributed by atoms with Gasteiger partial charge in [-0.3, -0.25) is 4.79 Å². The average molecular weight is 355 g/mol. The number of hydrogen-bond acceptors (Lipinski definition) is 5. The summed E-state index contributed by atoms with van der Waals surface area (Å²) in [5, 5.41) is 2.87. The predicted molar refractivity (Wildman–Crippen MR) is 94.9 cm³/mol. The molecule has 1 saturated carbocycles. The molecule has 136 valence electrons. The molecule has 1 aliphatic carbocycles. The molecule has 0 spiro atoms. The minimum Gasteiger partial charge on any atom is -0.497 e. The van der Waals surface area contributed by atoms with Gasteiger partial charge in [0.2, 0.25) is 6.10 Å². The second-order valence-corrected chi connectivity index (χ2v) is 6.03. The molecule has 0 aliphatic heterocycles. The summed E-state index contributed by atoms with van der Waals surface area (Å²) in [6.45, 7) is -0.285. The number of hydrogen-bond donors (Lipinski definition) is 1. The third kappa shape index (κ3) is 4.99. The van der Waals surface area contributed by atoms with Gasteiger partial charge in [0.05, 0.1) is 7.11 Å². The molecule has 1 aliphatic rings. The zero-order valence-corrected chi connectivity index (χ0v) is 14.5. The maximum atomic E-state index is 12.4. The summed E-state index contributed by atoms with van der Waals surface area (Å²) in [5.74, 6) is 0.291. The van der Waals surface area contributed by atoms with Crippen molar-refractivity contribution in [2.75, 3.05) is 13.7 Å². The zero-order chi connectivity index (χ0) is 18.4. The highest BCUT2D eigenvalue weighted by molar-refractivity contribution is 5.85. The third-order valence-electron chi connectivity index (χ3n) is 3.93. The maximum Gasteiger partial charge on any atom is 0.345 e. The van der Waals surface area contributed by atoms with Crippen LogP contribution in [0.1, 0.15) is 24.5 Å². The Labute approximate surface area is 152 Å². The van der Waals surface area contributed by atoms with E-state index in [1.165, 1.54) is 0 Å². The molecule has 26 heavy (non-hydrogen) atoms. The second kappa shape index (κ2) is 8.38. The van der Waals surface area contributed by atoms with Crippen molar-refractivity contribution in [3.05, 3.63) is 60.2 Å². The van der Waals surface area contributed by atoms with Crippen LogP contribution in [0.4, 0.5) is 0 Å². The minimum absolute atomic E-state index is 0.183. The molecule has 1 N–H and O–H groups in total. The zero-order valence-electron chi connectivity index (χ0n) is 14.5. The molecule has 0 bridgehead atoms. The quantitative estimate of drug-likeness (QED) is 0.737. The summed E-state index contributed by atoms with van der Waals surface area (Å²) in [6, 6.07) is 16.0. The van der Waals surface area contributed by atoms with Crippen LogP contribution in [0.15, 0.2) is 54.6 Å². The Balaban J connectivity index is 1.59. The van der Waals surface area contributed by atoms with Crippen LogP contribution in [0.25, 0.3) is 0 Å². The summed E-state index contributed by atoms with van der Waals surface area (Å²) in [6.07, 6.45) is 0.938. The number of esters is 1. The molecule has 1 fully saturated rings. The second-order valence-electron chi connectivity index (χ2n) is 6.03. The molecule has 0 saturated heterocycles. The Hall–Kier alpha value is -3.02. The van der Waals surface area contributed by atoms with Crippen LogP contribution in [0.3, 0.4) is 0 Å². The fourth-order valence-corrected chi connectivity index (χ4v) is 2.38. The minimum atomic E-state index is -0.983. The highest BCUT2D eigenvalue weighted by atomic mass is 16.6. The van der Waals surface area contributed by atoms with E-state index >= 15 is 0 Å². The first-order valence-corrected chi connectivity index (χ1v) is 8.47. The molecule has 2 aromatic carbocycles. The largest absolute Gasteiger partial charge is 0.497 e. The molecular formula is C20H21NO5. The topological polar surface area (TPSA) is 73.9 Å². The van der Waals surface area contributed by atoms with Gasteiger partial charge in [0.25, 0.3) is 5.91 Å². The highest BCUT2D eigenvalue weighted by Gasteiger charge is 2.30. The summed E-state index contributed by atoms with van der Waals surface area (Å²) >= 11 is 0. The van der Waals surface area contributed by atoms with Gasteiger partial charge >= 0.3 is 5.97 Å². The molecule has 1 amide bonds. The van der Waals surface area contributed by atoms with Crippen LogP contribution in [0, 0.1) is 0 Å². The fourth-order valence-electron chi connectivity index (χ4n) is 2.38. The number of amides is 1. The summed E-state index contributed by atoms with van der Waals surface area (Å²) in [4.78, 5) is 24.6. The standard InChI is InChI=1S/C20H21NO5/c1-24-16-9-11-17(12-10-16)25-13-18(22)26-19(14-5-3-2-4-6-14)20(23)21-15-7-8-15/h2-6,9-12,15,19H,7-8,13H2,1H3,(H,21,23)/t19-/m1/s1. The molecule has 3 rings (SSSR count). The van der Waals surface area contributed by atoms with Crippen molar-refractivity contribution in [3.63, 3.8) is 0 Å². The van der Waals surface area contributed by atoms with E-state index in [1.54, 1.807) is 55.6 Å². The van der Waals surface area contributed by atoms with Gasteiger partial charge in [0, 0.05) is 11.6 Å². The number of nitrogens with one attached hydrogen (secondary N) is 1. The van der Waals surface area contributed by atoms with E-state index in [1.807, 2.05) is 6.07 Å². The molecule has 2 aromatic rings. The highest BCUT2D eigenvalue weighted by Crippen LogP contribution is 2.23. The van der Waals surface area contributed by atoms with Crippen LogP contribution in [-0.4, -0.2) is 31.6 Å². The molecule has 0 radical (unpaired) electrons. The van der Waals surface area contributed by atoms with Crippen molar-refractivity contribution in [1.82, 2.24) is 5.32 Å². The van der Waals surface area contributed by atoms with Gasteiger partial charge in [-0.2, -0.15) is 0 Å². The Morgan fingerprint density at radius 2 is 1.69 bits per heavy atom. The Morgan fingerprint density at radius 3 is 2.31 bits per heavy atom. The number of benzene rings is 2. The van der Waals surface area contributed by atoms with Gasteiger partial charge in [0.1, 0.15) is 11.5 Å². The van der Waals surface area contributed by atoms with E-state index in [9.17, 15) is 9.59 Å². The van der Waals surface area contributed by atoms with Crippen LogP contribution in [0.5, 0.6) is 11.5 Å². The summed E-state index contributed by atoms with van der Waals surface area (Å²) < 4.78 is 15.9. The van der Waals surface area contributed by atoms with E-state index < -0.39 is 12.1 Å². The van der Waals surface area contributed by atoms with Gasteiger partial charge in [-0.15, -0.1) is 0 Å². The van der Waals surface area contributed by atoms with Crippen molar-refractivity contribution in [1.29, 1.82) is 0 Å². The van der Waals surface area contributed by atoms with Gasteiger partial charge in [-0.1, -0.05) is 30.3 Å². The lowest BCUT2D eigenvalue weighted by Gasteiger charge is -2.18. The van der Waals surface area contributed by atoms with E-state index in [0.717, 1.165) is 12.8 Å². The van der Waals surface area contributed by atoms with Crippen molar-refractivity contribution >= 4 is 11.9 Å². The van der Waals surface area contributed by atoms with Gasteiger partial charge < -0.3 is 19.5 Å². The SMILES string of the molecule is COc1ccc(OCC(=O)O[C@@H](C(=O)NC2CC2)c2ccccc2)cc1. The lowest BCUT2D eigenvalue weighted by Crippen LogP contribution is -2.34. The van der Waals surface area contributed by atoms with Crippen molar-refractivity contribution in [2.24, 2.45) is 0 Å². The first kappa shape index (κ1) is 17.8. The number of carbonyl (C=O) groups is 2. The molecule has 0 unspecified atom stereocenters. The Morgan fingerprint density at radius 1 is 1.04 bits per heavy atom. The van der Waals surface area contributed by atoms with E-state index in [-0.39, 0.29) is 18.6 Å². The first-order valence-electron chi connectivity index (χ1n) is 8.47. The third-order valence-corrected chi connectivity index (χ3v) is 3.93. The smallest absolute Gasteiger partial charge is 0.345 e. The molecule has 6 nitrogen and oxygen atoms in total. The lowest BCUT2D eigenvalue weighted by atomic mass is 10.1. The van der Waals surface area contributed by atoms with E-state index in [4.69, 9.17) is 14.2 Å². The molecule has 0 aromatic heterocycles. The Kier molecular flexibility index (Phi) is 5.73. The normalized spacial score (nSPS) is 14.2. The number of rotatable bonds is 8. The summed E-state index contributed by atoms with van der Waals surface area (Å²) in [5.41, 5.74) is 0.628. The summed E-state index contributed by atoms with van der Waals surface area (Å²) in [7, 11) is 1.57.